The van der Waals surface area contributed by atoms with Crippen LogP contribution in [0.3, 0.4) is 0 Å². The fraction of sp³-hybridized carbons (Fsp3) is 0.111. The average Bonchev–Trinajstić information content (AvgIpc) is 2.51. The molecule has 3 rings (SSSR count). The third-order valence-electron chi connectivity index (χ3n) is 3.42. The smallest absolute Gasteiger partial charge is 0.133 e. The summed E-state index contributed by atoms with van der Waals surface area (Å²) in [6.07, 6.45) is 0.454. The highest BCUT2D eigenvalue weighted by molar-refractivity contribution is 5.83. The monoisotopic (exact) mass is 281 g/mol. The highest BCUT2D eigenvalue weighted by Gasteiger charge is 2.10. The number of hydrogen-bond acceptors (Lipinski definition) is 2. The third kappa shape index (κ3) is 2.88. The lowest BCUT2D eigenvalue weighted by Gasteiger charge is -2.12. The minimum atomic E-state index is -0.279. The first-order chi connectivity index (χ1) is 10.3. The van der Waals surface area contributed by atoms with Crippen molar-refractivity contribution >= 4 is 10.8 Å². The van der Waals surface area contributed by atoms with Gasteiger partial charge < -0.3 is 10.5 Å². The summed E-state index contributed by atoms with van der Waals surface area (Å²) in [6, 6.07) is 18.7. The standard InChI is InChI=1S/C18H16FNO/c19-17-6-3-7-18(16(17)10-11-20)21-15-9-8-13-4-1-2-5-14(13)12-15/h1-9,12H,10-11,20H2. The van der Waals surface area contributed by atoms with Gasteiger partial charge in [0.25, 0.3) is 0 Å². The molecule has 0 aliphatic rings. The Morgan fingerprint density at radius 2 is 1.71 bits per heavy atom. The van der Waals surface area contributed by atoms with Crippen molar-refractivity contribution in [2.24, 2.45) is 5.73 Å². The van der Waals surface area contributed by atoms with Gasteiger partial charge in [-0.1, -0.05) is 36.4 Å². The van der Waals surface area contributed by atoms with E-state index in [-0.39, 0.29) is 5.82 Å². The van der Waals surface area contributed by atoms with Crippen molar-refractivity contribution in [2.75, 3.05) is 6.54 Å². The van der Waals surface area contributed by atoms with Crippen molar-refractivity contribution in [3.8, 4) is 11.5 Å². The largest absolute Gasteiger partial charge is 0.457 e. The van der Waals surface area contributed by atoms with Crippen LogP contribution in [-0.4, -0.2) is 6.54 Å². The molecular formula is C18H16FNO. The highest BCUT2D eigenvalue weighted by Crippen LogP contribution is 2.29. The number of benzene rings is 3. The van der Waals surface area contributed by atoms with Crippen molar-refractivity contribution in [1.29, 1.82) is 0 Å². The molecule has 0 aromatic heterocycles. The normalized spacial score (nSPS) is 10.8. The van der Waals surface area contributed by atoms with E-state index in [9.17, 15) is 4.39 Å². The summed E-state index contributed by atoms with van der Waals surface area (Å²) >= 11 is 0. The topological polar surface area (TPSA) is 35.2 Å². The van der Waals surface area contributed by atoms with Crippen LogP contribution in [0.1, 0.15) is 5.56 Å². The van der Waals surface area contributed by atoms with Gasteiger partial charge in [0.05, 0.1) is 0 Å². The van der Waals surface area contributed by atoms with Crippen LogP contribution in [0.25, 0.3) is 10.8 Å². The Hall–Kier alpha value is -2.39. The average molecular weight is 281 g/mol. The Bertz CT molecular complexity index is 770. The first-order valence-corrected chi connectivity index (χ1v) is 6.92. The van der Waals surface area contributed by atoms with Crippen LogP contribution in [0.5, 0.6) is 11.5 Å². The molecule has 0 aliphatic heterocycles. The summed E-state index contributed by atoms with van der Waals surface area (Å²) in [5.41, 5.74) is 6.07. The quantitative estimate of drug-likeness (QED) is 0.775. The molecule has 3 aromatic carbocycles. The van der Waals surface area contributed by atoms with Crippen LogP contribution in [-0.2, 0) is 6.42 Å². The lowest BCUT2D eigenvalue weighted by molar-refractivity contribution is 0.468. The summed E-state index contributed by atoms with van der Waals surface area (Å²) in [7, 11) is 0. The van der Waals surface area contributed by atoms with Gasteiger partial charge in [-0.05, 0) is 48.0 Å². The number of rotatable bonds is 4. The number of halogens is 1. The predicted molar refractivity (Wildman–Crippen MR) is 83.2 cm³/mol. The van der Waals surface area contributed by atoms with Crippen LogP contribution < -0.4 is 10.5 Å². The second kappa shape index (κ2) is 5.94. The van der Waals surface area contributed by atoms with E-state index in [1.807, 2.05) is 42.5 Å². The minimum absolute atomic E-state index is 0.279. The molecule has 0 aliphatic carbocycles. The van der Waals surface area contributed by atoms with Gasteiger partial charge in [-0.25, -0.2) is 4.39 Å². The van der Waals surface area contributed by atoms with Crippen LogP contribution in [0.2, 0.25) is 0 Å². The number of nitrogens with two attached hydrogens (primary N) is 1. The Morgan fingerprint density at radius 1 is 0.905 bits per heavy atom. The summed E-state index contributed by atoms with van der Waals surface area (Å²) in [4.78, 5) is 0. The van der Waals surface area contributed by atoms with Crippen molar-refractivity contribution in [3.05, 3.63) is 72.0 Å². The van der Waals surface area contributed by atoms with E-state index < -0.39 is 0 Å². The van der Waals surface area contributed by atoms with Gasteiger partial charge in [-0.15, -0.1) is 0 Å². The lowest BCUT2D eigenvalue weighted by Crippen LogP contribution is -2.06. The van der Waals surface area contributed by atoms with Gasteiger partial charge in [0.2, 0.25) is 0 Å². The second-order valence-corrected chi connectivity index (χ2v) is 4.87. The lowest BCUT2D eigenvalue weighted by atomic mass is 10.1. The molecule has 0 heterocycles. The van der Waals surface area contributed by atoms with Crippen LogP contribution in [0.4, 0.5) is 4.39 Å². The maximum atomic E-state index is 13.9. The maximum absolute atomic E-state index is 13.9. The van der Waals surface area contributed by atoms with Gasteiger partial charge in [0, 0.05) is 5.56 Å². The minimum Gasteiger partial charge on any atom is -0.457 e. The van der Waals surface area contributed by atoms with E-state index in [1.54, 1.807) is 12.1 Å². The molecular weight excluding hydrogens is 265 g/mol. The molecule has 0 amide bonds. The fourth-order valence-electron chi connectivity index (χ4n) is 2.38. The Balaban J connectivity index is 1.96. The van der Waals surface area contributed by atoms with Gasteiger partial charge in [0.1, 0.15) is 17.3 Å². The number of ether oxygens (including phenoxy) is 1. The highest BCUT2D eigenvalue weighted by atomic mass is 19.1. The van der Waals surface area contributed by atoms with E-state index in [2.05, 4.69) is 0 Å². The van der Waals surface area contributed by atoms with E-state index >= 15 is 0 Å². The van der Waals surface area contributed by atoms with Crippen molar-refractivity contribution in [1.82, 2.24) is 0 Å². The zero-order valence-corrected chi connectivity index (χ0v) is 11.6. The van der Waals surface area contributed by atoms with E-state index in [4.69, 9.17) is 10.5 Å². The van der Waals surface area contributed by atoms with Crippen LogP contribution in [0.15, 0.2) is 60.7 Å². The molecule has 21 heavy (non-hydrogen) atoms. The second-order valence-electron chi connectivity index (χ2n) is 4.87. The van der Waals surface area contributed by atoms with E-state index in [0.717, 1.165) is 10.8 Å². The van der Waals surface area contributed by atoms with Gasteiger partial charge >= 0.3 is 0 Å². The van der Waals surface area contributed by atoms with E-state index in [1.165, 1.54) is 6.07 Å². The Labute approximate surface area is 123 Å². The third-order valence-corrected chi connectivity index (χ3v) is 3.42. The SMILES string of the molecule is NCCc1c(F)cccc1Oc1ccc2ccccc2c1. The zero-order valence-electron chi connectivity index (χ0n) is 11.6. The molecule has 0 fully saturated rings. The van der Waals surface area contributed by atoms with Gasteiger partial charge in [-0.3, -0.25) is 0 Å². The molecule has 0 spiro atoms. The summed E-state index contributed by atoms with van der Waals surface area (Å²) < 4.78 is 19.7. The summed E-state index contributed by atoms with van der Waals surface area (Å²) in [5.74, 6) is 0.937. The van der Waals surface area contributed by atoms with Gasteiger partial charge in [0.15, 0.2) is 0 Å². The fourth-order valence-corrected chi connectivity index (χ4v) is 2.38. The molecule has 2 nitrogen and oxygen atoms in total. The summed E-state index contributed by atoms with van der Waals surface area (Å²) in [5, 5.41) is 2.23. The predicted octanol–water partition coefficient (Wildman–Crippen LogP) is 4.27. The molecule has 3 aromatic rings. The Morgan fingerprint density at radius 3 is 2.52 bits per heavy atom. The molecule has 0 unspecified atom stereocenters. The number of hydrogen-bond donors (Lipinski definition) is 1. The van der Waals surface area contributed by atoms with Crippen LogP contribution >= 0.6 is 0 Å². The van der Waals surface area contributed by atoms with Crippen molar-refractivity contribution in [2.45, 2.75) is 6.42 Å². The van der Waals surface area contributed by atoms with Crippen molar-refractivity contribution in [3.63, 3.8) is 0 Å². The molecule has 0 bridgehead atoms. The zero-order chi connectivity index (χ0) is 14.7. The molecule has 0 radical (unpaired) electrons. The molecule has 3 heteroatoms. The van der Waals surface area contributed by atoms with Crippen molar-refractivity contribution < 1.29 is 9.13 Å². The van der Waals surface area contributed by atoms with Crippen LogP contribution in [0, 0.1) is 5.82 Å². The molecule has 2 N–H and O–H groups in total. The number of fused-ring (bicyclic) bond motifs is 1. The van der Waals surface area contributed by atoms with Gasteiger partial charge in [-0.2, -0.15) is 0 Å². The molecule has 0 atom stereocenters. The molecule has 0 saturated heterocycles. The Kier molecular flexibility index (Phi) is 3.84. The summed E-state index contributed by atoms with van der Waals surface area (Å²) in [6.45, 7) is 0.384. The maximum Gasteiger partial charge on any atom is 0.133 e. The molecule has 106 valence electrons. The van der Waals surface area contributed by atoms with E-state index in [0.29, 0.717) is 30.0 Å². The first-order valence-electron chi connectivity index (χ1n) is 6.92. The molecule has 0 saturated carbocycles. The first kappa shape index (κ1) is 13.6.